The lowest BCUT2D eigenvalue weighted by Crippen LogP contribution is -2.49. The van der Waals surface area contributed by atoms with Gasteiger partial charge in [0, 0.05) is 0 Å². The summed E-state index contributed by atoms with van der Waals surface area (Å²) in [5.74, 6) is 0. The summed E-state index contributed by atoms with van der Waals surface area (Å²) in [5.41, 5.74) is -1.63. The first-order valence-corrected chi connectivity index (χ1v) is 3.12. The molecule has 3 unspecified atom stereocenters. The second-order valence-corrected chi connectivity index (χ2v) is 2.60. The van der Waals surface area contributed by atoms with E-state index in [1.807, 2.05) is 0 Å². The molecule has 0 radical (unpaired) electrons. The van der Waals surface area contributed by atoms with Crippen molar-refractivity contribution in [3.63, 3.8) is 0 Å². The third kappa shape index (κ3) is 1.91. The SMILES string of the molecule is CC(O)C(C)(O)C(O)CO. The van der Waals surface area contributed by atoms with E-state index < -0.39 is 24.4 Å². The Morgan fingerprint density at radius 3 is 1.90 bits per heavy atom. The number of aliphatic hydroxyl groups is 4. The van der Waals surface area contributed by atoms with Crippen LogP contribution in [0.15, 0.2) is 0 Å². The van der Waals surface area contributed by atoms with Gasteiger partial charge in [-0.1, -0.05) is 0 Å². The zero-order chi connectivity index (χ0) is 8.36. The molecule has 62 valence electrons. The van der Waals surface area contributed by atoms with E-state index in [0.717, 1.165) is 0 Å². The van der Waals surface area contributed by atoms with Gasteiger partial charge in [0.05, 0.1) is 12.7 Å². The molecule has 0 aliphatic rings. The maximum atomic E-state index is 9.20. The monoisotopic (exact) mass is 150 g/mol. The average Bonchev–Trinajstić information content (AvgIpc) is 1.86. The smallest absolute Gasteiger partial charge is 0.115 e. The zero-order valence-corrected chi connectivity index (χ0v) is 6.15. The van der Waals surface area contributed by atoms with Crippen LogP contribution in [0.3, 0.4) is 0 Å². The normalized spacial score (nSPS) is 23.4. The molecule has 4 nitrogen and oxygen atoms in total. The van der Waals surface area contributed by atoms with Gasteiger partial charge in [-0.2, -0.15) is 0 Å². The minimum atomic E-state index is -1.63. The van der Waals surface area contributed by atoms with E-state index in [0.29, 0.717) is 0 Å². The molecule has 0 aliphatic carbocycles. The highest BCUT2D eigenvalue weighted by atomic mass is 16.4. The van der Waals surface area contributed by atoms with E-state index in [1.165, 1.54) is 13.8 Å². The third-order valence-electron chi connectivity index (χ3n) is 1.69. The van der Waals surface area contributed by atoms with Crippen LogP contribution in [0.25, 0.3) is 0 Å². The van der Waals surface area contributed by atoms with Gasteiger partial charge >= 0.3 is 0 Å². The van der Waals surface area contributed by atoms with Gasteiger partial charge in [0.25, 0.3) is 0 Å². The molecule has 0 spiro atoms. The van der Waals surface area contributed by atoms with Gasteiger partial charge in [-0.15, -0.1) is 0 Å². The van der Waals surface area contributed by atoms with Gasteiger partial charge in [-0.05, 0) is 13.8 Å². The fraction of sp³-hybridized carbons (Fsp3) is 1.00. The molecular formula is C6H14O4. The van der Waals surface area contributed by atoms with Crippen LogP contribution in [0.4, 0.5) is 0 Å². The van der Waals surface area contributed by atoms with E-state index in [4.69, 9.17) is 15.3 Å². The van der Waals surface area contributed by atoms with Crippen molar-refractivity contribution >= 4 is 0 Å². The molecule has 0 rings (SSSR count). The standard InChI is InChI=1S/C6H14O4/c1-4(8)6(2,10)5(9)3-7/h4-5,7-10H,3H2,1-2H3. The highest BCUT2D eigenvalue weighted by Gasteiger charge is 2.34. The van der Waals surface area contributed by atoms with Crippen molar-refractivity contribution in [3.05, 3.63) is 0 Å². The number of rotatable bonds is 3. The minimum Gasteiger partial charge on any atom is -0.394 e. The number of hydrogen-bond donors (Lipinski definition) is 4. The van der Waals surface area contributed by atoms with Crippen LogP contribution in [-0.2, 0) is 0 Å². The molecule has 0 amide bonds. The molecular weight excluding hydrogens is 136 g/mol. The van der Waals surface area contributed by atoms with E-state index in [2.05, 4.69) is 0 Å². The topological polar surface area (TPSA) is 80.9 Å². The maximum Gasteiger partial charge on any atom is 0.115 e. The largest absolute Gasteiger partial charge is 0.394 e. The van der Waals surface area contributed by atoms with Gasteiger partial charge < -0.3 is 20.4 Å². The molecule has 0 aliphatic heterocycles. The summed E-state index contributed by atoms with van der Waals surface area (Å²) < 4.78 is 0. The van der Waals surface area contributed by atoms with Crippen molar-refractivity contribution in [1.82, 2.24) is 0 Å². The van der Waals surface area contributed by atoms with Gasteiger partial charge in [0.2, 0.25) is 0 Å². The van der Waals surface area contributed by atoms with Crippen LogP contribution in [0.5, 0.6) is 0 Å². The minimum absolute atomic E-state index is 0.558. The highest BCUT2D eigenvalue weighted by Crippen LogP contribution is 2.13. The average molecular weight is 150 g/mol. The second-order valence-electron chi connectivity index (χ2n) is 2.60. The molecule has 0 heterocycles. The van der Waals surface area contributed by atoms with Crippen LogP contribution in [0.1, 0.15) is 13.8 Å². The Kier molecular flexibility index (Phi) is 3.24. The summed E-state index contributed by atoms with van der Waals surface area (Å²) in [5, 5.41) is 35.4. The van der Waals surface area contributed by atoms with Gasteiger partial charge in [0.1, 0.15) is 11.7 Å². The molecule has 10 heavy (non-hydrogen) atoms. The molecule has 0 aromatic carbocycles. The summed E-state index contributed by atoms with van der Waals surface area (Å²) in [6.45, 7) is 2.05. The fourth-order valence-corrected chi connectivity index (χ4v) is 0.463. The summed E-state index contributed by atoms with van der Waals surface area (Å²) >= 11 is 0. The van der Waals surface area contributed by atoms with Crippen LogP contribution in [-0.4, -0.2) is 44.8 Å². The quantitative estimate of drug-likeness (QED) is 0.393. The Bertz CT molecular complexity index is 99.9. The van der Waals surface area contributed by atoms with Crippen LogP contribution in [0.2, 0.25) is 0 Å². The Morgan fingerprint density at radius 2 is 1.80 bits per heavy atom. The molecule has 0 aromatic rings. The molecule has 0 aromatic heterocycles. The summed E-state index contributed by atoms with van der Waals surface area (Å²) in [6, 6.07) is 0. The zero-order valence-electron chi connectivity index (χ0n) is 6.15. The third-order valence-corrected chi connectivity index (χ3v) is 1.69. The van der Waals surface area contributed by atoms with Crippen molar-refractivity contribution in [3.8, 4) is 0 Å². The van der Waals surface area contributed by atoms with Crippen molar-refractivity contribution in [2.24, 2.45) is 0 Å². The lowest BCUT2D eigenvalue weighted by Gasteiger charge is -2.30. The molecule has 0 bridgehead atoms. The van der Waals surface area contributed by atoms with Crippen LogP contribution in [0, 0.1) is 0 Å². The van der Waals surface area contributed by atoms with Crippen molar-refractivity contribution in [2.75, 3.05) is 6.61 Å². The Morgan fingerprint density at radius 1 is 1.40 bits per heavy atom. The maximum absolute atomic E-state index is 9.20. The van der Waals surface area contributed by atoms with Crippen LogP contribution < -0.4 is 0 Å². The Balaban J connectivity index is 4.09. The van der Waals surface area contributed by atoms with Gasteiger partial charge in [-0.3, -0.25) is 0 Å². The molecule has 3 atom stereocenters. The first-order valence-electron chi connectivity index (χ1n) is 3.12. The fourth-order valence-electron chi connectivity index (χ4n) is 0.463. The number of hydrogen-bond acceptors (Lipinski definition) is 4. The van der Waals surface area contributed by atoms with E-state index in [1.54, 1.807) is 0 Å². The first-order chi connectivity index (χ1) is 4.42. The van der Waals surface area contributed by atoms with E-state index in [9.17, 15) is 5.11 Å². The van der Waals surface area contributed by atoms with Crippen LogP contribution >= 0.6 is 0 Å². The predicted octanol–water partition coefficient (Wildman–Crippen LogP) is -1.53. The molecule has 0 fully saturated rings. The van der Waals surface area contributed by atoms with Gasteiger partial charge in [-0.25, -0.2) is 0 Å². The summed E-state index contributed by atoms with van der Waals surface area (Å²) in [7, 11) is 0. The number of aliphatic hydroxyl groups excluding tert-OH is 3. The molecule has 4 heteroatoms. The summed E-state index contributed by atoms with van der Waals surface area (Å²) in [4.78, 5) is 0. The summed E-state index contributed by atoms with van der Waals surface area (Å²) in [6.07, 6.45) is -2.36. The molecule has 0 saturated heterocycles. The van der Waals surface area contributed by atoms with E-state index in [-0.39, 0.29) is 0 Å². The van der Waals surface area contributed by atoms with E-state index >= 15 is 0 Å². The van der Waals surface area contributed by atoms with Gasteiger partial charge in [0.15, 0.2) is 0 Å². The Hall–Kier alpha value is -0.160. The Labute approximate surface area is 59.7 Å². The van der Waals surface area contributed by atoms with Crippen molar-refractivity contribution in [1.29, 1.82) is 0 Å². The lowest BCUT2D eigenvalue weighted by molar-refractivity contribution is -0.140. The van der Waals surface area contributed by atoms with Crippen molar-refractivity contribution < 1.29 is 20.4 Å². The second kappa shape index (κ2) is 3.30. The predicted molar refractivity (Wildman–Crippen MR) is 35.4 cm³/mol. The van der Waals surface area contributed by atoms with Crippen molar-refractivity contribution in [2.45, 2.75) is 31.7 Å². The first kappa shape index (κ1) is 9.84. The molecule has 0 saturated carbocycles. The lowest BCUT2D eigenvalue weighted by atomic mass is 9.94. The highest BCUT2D eigenvalue weighted by molar-refractivity contribution is 4.85. The molecule has 4 N–H and O–H groups in total.